The van der Waals surface area contributed by atoms with E-state index in [-0.39, 0.29) is 12.3 Å². The van der Waals surface area contributed by atoms with Gasteiger partial charge in [-0.05, 0) is 6.92 Å². The molecule has 13 heavy (non-hydrogen) atoms. The Bertz CT molecular complexity index is 287. The smallest absolute Gasteiger partial charge is 0.308 e. The highest BCUT2D eigenvalue weighted by Crippen LogP contribution is 2.16. The molecule has 1 aliphatic heterocycles. The summed E-state index contributed by atoms with van der Waals surface area (Å²) < 4.78 is 0. The van der Waals surface area contributed by atoms with Crippen molar-refractivity contribution in [1.29, 1.82) is 0 Å². The SMILES string of the molecule is CC#CCN1CC(C(=O)O)CC1=O. The number of carboxylic acid groups (broad SMARTS) is 1. The third-order valence-electron chi connectivity index (χ3n) is 2.01. The minimum atomic E-state index is -0.902. The second-order valence-electron chi connectivity index (χ2n) is 2.94. The standard InChI is InChI=1S/C9H11NO3/c1-2-3-4-10-6-7(9(12)13)5-8(10)11/h7H,4-6H2,1H3,(H,12,13). The summed E-state index contributed by atoms with van der Waals surface area (Å²) in [5.41, 5.74) is 0. The molecule has 70 valence electrons. The molecular formula is C9H11NO3. The first-order valence-corrected chi connectivity index (χ1v) is 4.05. The molecule has 0 radical (unpaired) electrons. The molecule has 1 saturated heterocycles. The number of carboxylic acids is 1. The summed E-state index contributed by atoms with van der Waals surface area (Å²) in [5, 5.41) is 8.66. The normalized spacial score (nSPS) is 21.2. The van der Waals surface area contributed by atoms with Gasteiger partial charge in [0.15, 0.2) is 0 Å². The van der Waals surface area contributed by atoms with E-state index in [0.717, 1.165) is 0 Å². The van der Waals surface area contributed by atoms with Gasteiger partial charge in [0.25, 0.3) is 0 Å². The molecule has 0 aromatic carbocycles. The summed E-state index contributed by atoms with van der Waals surface area (Å²) in [5.74, 6) is 3.84. The third kappa shape index (κ3) is 2.22. The number of nitrogens with zero attached hydrogens (tertiary/aromatic N) is 1. The number of aliphatic carboxylic acids is 1. The monoisotopic (exact) mass is 181 g/mol. The Kier molecular flexibility index (Phi) is 2.91. The van der Waals surface area contributed by atoms with E-state index in [9.17, 15) is 9.59 Å². The van der Waals surface area contributed by atoms with Gasteiger partial charge in [0.05, 0.1) is 12.5 Å². The molecule has 0 aromatic heterocycles. The Morgan fingerprint density at radius 3 is 2.92 bits per heavy atom. The van der Waals surface area contributed by atoms with Crippen molar-refractivity contribution in [2.75, 3.05) is 13.1 Å². The van der Waals surface area contributed by atoms with E-state index < -0.39 is 11.9 Å². The Morgan fingerprint density at radius 2 is 2.46 bits per heavy atom. The molecule has 1 aliphatic rings. The highest BCUT2D eigenvalue weighted by atomic mass is 16.4. The number of carbonyl (C=O) groups is 2. The molecule has 0 bridgehead atoms. The first kappa shape index (κ1) is 9.59. The van der Waals surface area contributed by atoms with Crippen LogP contribution in [0.5, 0.6) is 0 Å². The lowest BCUT2D eigenvalue weighted by Crippen LogP contribution is -2.26. The van der Waals surface area contributed by atoms with Crippen molar-refractivity contribution in [1.82, 2.24) is 4.90 Å². The molecular weight excluding hydrogens is 170 g/mol. The summed E-state index contributed by atoms with van der Waals surface area (Å²) >= 11 is 0. The van der Waals surface area contributed by atoms with E-state index in [4.69, 9.17) is 5.11 Å². The molecule has 1 rings (SSSR count). The predicted octanol–water partition coefficient (Wildman–Crippen LogP) is -0.0572. The first-order chi connectivity index (χ1) is 6.15. The molecule has 1 fully saturated rings. The Morgan fingerprint density at radius 1 is 1.77 bits per heavy atom. The highest BCUT2D eigenvalue weighted by Gasteiger charge is 2.33. The maximum atomic E-state index is 11.2. The highest BCUT2D eigenvalue weighted by molar-refractivity contribution is 5.86. The quantitative estimate of drug-likeness (QED) is 0.607. The summed E-state index contributed by atoms with van der Waals surface area (Å²) in [4.78, 5) is 23.2. The third-order valence-corrected chi connectivity index (χ3v) is 2.01. The number of likely N-dealkylation sites (tertiary alicyclic amines) is 1. The van der Waals surface area contributed by atoms with Crippen molar-refractivity contribution < 1.29 is 14.7 Å². The molecule has 1 N–H and O–H groups in total. The van der Waals surface area contributed by atoms with Crippen LogP contribution in [0.15, 0.2) is 0 Å². The van der Waals surface area contributed by atoms with Crippen LogP contribution >= 0.6 is 0 Å². The van der Waals surface area contributed by atoms with E-state index >= 15 is 0 Å². The Labute approximate surface area is 76.5 Å². The van der Waals surface area contributed by atoms with Crippen molar-refractivity contribution in [3.63, 3.8) is 0 Å². The molecule has 0 saturated carbocycles. The number of carbonyl (C=O) groups excluding carboxylic acids is 1. The Balaban J connectivity index is 2.54. The maximum absolute atomic E-state index is 11.2. The Hall–Kier alpha value is -1.50. The molecule has 4 heteroatoms. The predicted molar refractivity (Wildman–Crippen MR) is 45.8 cm³/mol. The van der Waals surface area contributed by atoms with Gasteiger partial charge in [-0.25, -0.2) is 0 Å². The van der Waals surface area contributed by atoms with E-state index in [2.05, 4.69) is 11.8 Å². The minimum Gasteiger partial charge on any atom is -0.481 e. The number of amides is 1. The molecule has 1 heterocycles. The molecule has 0 spiro atoms. The van der Waals surface area contributed by atoms with E-state index in [1.165, 1.54) is 4.90 Å². The van der Waals surface area contributed by atoms with Crippen LogP contribution in [-0.4, -0.2) is 35.0 Å². The second kappa shape index (κ2) is 3.94. The van der Waals surface area contributed by atoms with Crippen LogP contribution in [0.3, 0.4) is 0 Å². The maximum Gasteiger partial charge on any atom is 0.308 e. The van der Waals surface area contributed by atoms with Crippen molar-refractivity contribution in [2.45, 2.75) is 13.3 Å². The van der Waals surface area contributed by atoms with E-state index in [0.29, 0.717) is 13.1 Å². The van der Waals surface area contributed by atoms with Gasteiger partial charge < -0.3 is 10.0 Å². The van der Waals surface area contributed by atoms with Crippen molar-refractivity contribution >= 4 is 11.9 Å². The zero-order valence-corrected chi connectivity index (χ0v) is 7.41. The number of rotatable bonds is 2. The summed E-state index contributed by atoms with van der Waals surface area (Å²) in [7, 11) is 0. The van der Waals surface area contributed by atoms with Gasteiger partial charge in [0.1, 0.15) is 0 Å². The van der Waals surface area contributed by atoms with Crippen LogP contribution < -0.4 is 0 Å². The second-order valence-corrected chi connectivity index (χ2v) is 2.94. The van der Waals surface area contributed by atoms with Crippen LogP contribution in [0.2, 0.25) is 0 Å². The van der Waals surface area contributed by atoms with Gasteiger partial charge in [0, 0.05) is 13.0 Å². The van der Waals surface area contributed by atoms with Crippen LogP contribution in [0.25, 0.3) is 0 Å². The molecule has 1 atom stereocenters. The van der Waals surface area contributed by atoms with Crippen molar-refractivity contribution in [2.24, 2.45) is 5.92 Å². The largest absolute Gasteiger partial charge is 0.481 e. The average molecular weight is 181 g/mol. The lowest BCUT2D eigenvalue weighted by Gasteiger charge is -2.10. The van der Waals surface area contributed by atoms with Crippen molar-refractivity contribution in [3.8, 4) is 11.8 Å². The zero-order chi connectivity index (χ0) is 9.84. The van der Waals surface area contributed by atoms with Crippen LogP contribution in [0, 0.1) is 17.8 Å². The zero-order valence-electron chi connectivity index (χ0n) is 7.41. The molecule has 1 unspecified atom stereocenters. The topological polar surface area (TPSA) is 57.6 Å². The van der Waals surface area contributed by atoms with E-state index in [1.807, 2.05) is 0 Å². The fourth-order valence-electron chi connectivity index (χ4n) is 1.26. The van der Waals surface area contributed by atoms with Crippen LogP contribution in [-0.2, 0) is 9.59 Å². The van der Waals surface area contributed by atoms with Gasteiger partial charge in [-0.15, -0.1) is 5.92 Å². The van der Waals surface area contributed by atoms with Gasteiger partial charge in [0.2, 0.25) is 5.91 Å². The van der Waals surface area contributed by atoms with Gasteiger partial charge in [-0.3, -0.25) is 9.59 Å². The molecule has 0 aromatic rings. The molecule has 1 amide bonds. The minimum absolute atomic E-state index is 0.112. The van der Waals surface area contributed by atoms with Crippen LogP contribution in [0.4, 0.5) is 0 Å². The fourth-order valence-corrected chi connectivity index (χ4v) is 1.26. The lowest BCUT2D eigenvalue weighted by atomic mass is 10.1. The van der Waals surface area contributed by atoms with Gasteiger partial charge >= 0.3 is 5.97 Å². The summed E-state index contributed by atoms with van der Waals surface area (Å²) in [6.07, 6.45) is 0.112. The summed E-state index contributed by atoms with van der Waals surface area (Å²) in [6.45, 7) is 2.33. The lowest BCUT2D eigenvalue weighted by molar-refractivity contribution is -0.141. The van der Waals surface area contributed by atoms with E-state index in [1.54, 1.807) is 6.92 Å². The first-order valence-electron chi connectivity index (χ1n) is 4.05. The van der Waals surface area contributed by atoms with Crippen LogP contribution in [0.1, 0.15) is 13.3 Å². The van der Waals surface area contributed by atoms with Crippen molar-refractivity contribution in [3.05, 3.63) is 0 Å². The fraction of sp³-hybridized carbons (Fsp3) is 0.556. The molecule has 0 aliphatic carbocycles. The van der Waals surface area contributed by atoms with Gasteiger partial charge in [-0.1, -0.05) is 5.92 Å². The summed E-state index contributed by atoms with van der Waals surface area (Å²) in [6, 6.07) is 0. The average Bonchev–Trinajstić information content (AvgIpc) is 2.44. The number of hydrogen-bond acceptors (Lipinski definition) is 2. The van der Waals surface area contributed by atoms with Gasteiger partial charge in [-0.2, -0.15) is 0 Å². The number of hydrogen-bond donors (Lipinski definition) is 1. The molecule has 4 nitrogen and oxygen atoms in total.